The van der Waals surface area contributed by atoms with Gasteiger partial charge in [-0.2, -0.15) is 5.10 Å². The van der Waals surface area contributed by atoms with E-state index in [9.17, 15) is 5.11 Å². The summed E-state index contributed by atoms with van der Waals surface area (Å²) in [5.74, 6) is 0. The first-order valence-electron chi connectivity index (χ1n) is 6.38. The first-order chi connectivity index (χ1) is 8.06. The second kappa shape index (κ2) is 6.17. The Kier molecular flexibility index (Phi) is 5.15. The summed E-state index contributed by atoms with van der Waals surface area (Å²) in [4.78, 5) is 0. The molecular formula is C13H25N3O. The third kappa shape index (κ3) is 3.54. The van der Waals surface area contributed by atoms with Crippen molar-refractivity contribution in [3.63, 3.8) is 0 Å². The number of nitrogens with zero attached hydrogens (tertiary/aromatic N) is 2. The highest BCUT2D eigenvalue weighted by molar-refractivity contribution is 5.08. The minimum Gasteiger partial charge on any atom is -0.396 e. The van der Waals surface area contributed by atoms with Gasteiger partial charge in [0.2, 0.25) is 0 Å². The molecule has 1 heterocycles. The van der Waals surface area contributed by atoms with Gasteiger partial charge in [-0.3, -0.25) is 4.68 Å². The third-order valence-electron chi connectivity index (χ3n) is 3.74. The summed E-state index contributed by atoms with van der Waals surface area (Å²) in [5, 5.41) is 17.2. The van der Waals surface area contributed by atoms with E-state index in [-0.39, 0.29) is 12.0 Å². The fourth-order valence-corrected chi connectivity index (χ4v) is 2.06. The van der Waals surface area contributed by atoms with Crippen molar-refractivity contribution in [1.29, 1.82) is 0 Å². The Morgan fingerprint density at radius 1 is 1.41 bits per heavy atom. The molecule has 0 aromatic carbocycles. The first kappa shape index (κ1) is 14.2. The van der Waals surface area contributed by atoms with Gasteiger partial charge >= 0.3 is 0 Å². The monoisotopic (exact) mass is 239 g/mol. The van der Waals surface area contributed by atoms with E-state index >= 15 is 0 Å². The molecule has 0 radical (unpaired) electrons. The highest BCUT2D eigenvalue weighted by Crippen LogP contribution is 2.24. The van der Waals surface area contributed by atoms with Crippen LogP contribution in [0.1, 0.15) is 38.1 Å². The van der Waals surface area contributed by atoms with Crippen LogP contribution in [0.15, 0.2) is 6.07 Å². The van der Waals surface area contributed by atoms with Crippen LogP contribution in [0, 0.1) is 12.3 Å². The van der Waals surface area contributed by atoms with Gasteiger partial charge in [-0.25, -0.2) is 0 Å². The number of rotatable bonds is 7. The SMILES string of the molecule is CCC(CC)(CO)CNCc1cc(C)nn1C. The molecule has 0 aliphatic heterocycles. The summed E-state index contributed by atoms with van der Waals surface area (Å²) in [7, 11) is 1.96. The van der Waals surface area contributed by atoms with Gasteiger partial charge < -0.3 is 10.4 Å². The zero-order valence-electron chi connectivity index (χ0n) is 11.5. The van der Waals surface area contributed by atoms with Crippen LogP contribution < -0.4 is 5.32 Å². The molecule has 0 unspecified atom stereocenters. The minimum atomic E-state index is 0.0215. The predicted octanol–water partition coefficient (Wildman–Crippen LogP) is 1.62. The zero-order valence-corrected chi connectivity index (χ0v) is 11.5. The highest BCUT2D eigenvalue weighted by atomic mass is 16.3. The molecule has 1 aromatic rings. The Morgan fingerprint density at radius 3 is 2.47 bits per heavy atom. The molecule has 17 heavy (non-hydrogen) atoms. The van der Waals surface area contributed by atoms with Crippen molar-refractivity contribution >= 4 is 0 Å². The Bertz CT molecular complexity index is 334. The zero-order chi connectivity index (χ0) is 12.9. The Balaban J connectivity index is 2.49. The number of aromatic nitrogens is 2. The summed E-state index contributed by atoms with van der Waals surface area (Å²) in [5.41, 5.74) is 2.25. The molecule has 0 atom stereocenters. The fourth-order valence-electron chi connectivity index (χ4n) is 2.06. The van der Waals surface area contributed by atoms with Crippen molar-refractivity contribution < 1.29 is 5.11 Å². The van der Waals surface area contributed by atoms with Crippen LogP contribution in [0.3, 0.4) is 0 Å². The van der Waals surface area contributed by atoms with Crippen LogP contribution in [0.5, 0.6) is 0 Å². The van der Waals surface area contributed by atoms with Gasteiger partial charge in [0, 0.05) is 32.2 Å². The number of hydrogen-bond donors (Lipinski definition) is 2. The largest absolute Gasteiger partial charge is 0.396 e. The van der Waals surface area contributed by atoms with Gasteiger partial charge in [0.05, 0.1) is 11.4 Å². The van der Waals surface area contributed by atoms with E-state index in [0.717, 1.165) is 31.6 Å². The topological polar surface area (TPSA) is 50.1 Å². The van der Waals surface area contributed by atoms with Crippen molar-refractivity contribution in [1.82, 2.24) is 15.1 Å². The Hall–Kier alpha value is -0.870. The lowest BCUT2D eigenvalue weighted by molar-refractivity contribution is 0.113. The van der Waals surface area contributed by atoms with Gasteiger partial charge in [-0.1, -0.05) is 13.8 Å². The molecular weight excluding hydrogens is 214 g/mol. The first-order valence-corrected chi connectivity index (χ1v) is 6.38. The second-order valence-electron chi connectivity index (χ2n) is 4.87. The molecule has 4 nitrogen and oxygen atoms in total. The molecule has 4 heteroatoms. The van der Waals surface area contributed by atoms with Crippen molar-refractivity contribution in [2.24, 2.45) is 12.5 Å². The Labute approximate surface area is 104 Å². The van der Waals surface area contributed by atoms with Gasteiger partial charge in [-0.15, -0.1) is 0 Å². The highest BCUT2D eigenvalue weighted by Gasteiger charge is 2.24. The molecule has 0 spiro atoms. The average Bonchev–Trinajstić information content (AvgIpc) is 2.64. The minimum absolute atomic E-state index is 0.0215. The summed E-state index contributed by atoms with van der Waals surface area (Å²) < 4.78 is 1.90. The standard InChI is InChI=1S/C13H25N3O/c1-5-13(6-2,10-17)9-14-8-12-7-11(3)15-16(12)4/h7,14,17H,5-6,8-10H2,1-4H3. The third-order valence-corrected chi connectivity index (χ3v) is 3.74. The number of aliphatic hydroxyl groups is 1. The molecule has 0 aliphatic carbocycles. The van der Waals surface area contributed by atoms with Crippen LogP contribution in [0.2, 0.25) is 0 Å². The van der Waals surface area contributed by atoms with Crippen LogP contribution in [0.25, 0.3) is 0 Å². The molecule has 0 bridgehead atoms. The molecule has 98 valence electrons. The van der Waals surface area contributed by atoms with Crippen molar-refractivity contribution in [3.8, 4) is 0 Å². The number of hydrogen-bond acceptors (Lipinski definition) is 3. The molecule has 0 amide bonds. The van der Waals surface area contributed by atoms with Gasteiger partial charge in [0.15, 0.2) is 0 Å². The van der Waals surface area contributed by atoms with E-state index in [2.05, 4.69) is 30.3 Å². The summed E-state index contributed by atoms with van der Waals surface area (Å²) >= 11 is 0. The maximum absolute atomic E-state index is 9.47. The maximum Gasteiger partial charge on any atom is 0.0597 e. The lowest BCUT2D eigenvalue weighted by Crippen LogP contribution is -2.36. The summed E-state index contributed by atoms with van der Waals surface area (Å²) in [6.07, 6.45) is 1.99. The normalized spacial score (nSPS) is 12.1. The van der Waals surface area contributed by atoms with Crippen LogP contribution in [-0.2, 0) is 13.6 Å². The lowest BCUT2D eigenvalue weighted by atomic mass is 9.83. The van der Waals surface area contributed by atoms with Crippen LogP contribution >= 0.6 is 0 Å². The van der Waals surface area contributed by atoms with E-state index in [1.807, 2.05) is 18.7 Å². The van der Waals surface area contributed by atoms with Gasteiger partial charge in [0.1, 0.15) is 0 Å². The smallest absolute Gasteiger partial charge is 0.0597 e. The molecule has 1 rings (SSSR count). The molecule has 2 N–H and O–H groups in total. The lowest BCUT2D eigenvalue weighted by Gasteiger charge is -2.29. The average molecular weight is 239 g/mol. The molecule has 1 aromatic heterocycles. The van der Waals surface area contributed by atoms with Crippen LogP contribution in [-0.4, -0.2) is 28.0 Å². The second-order valence-corrected chi connectivity index (χ2v) is 4.87. The van der Waals surface area contributed by atoms with E-state index in [0.29, 0.717) is 0 Å². The van der Waals surface area contributed by atoms with Crippen LogP contribution in [0.4, 0.5) is 0 Å². The fraction of sp³-hybridized carbons (Fsp3) is 0.769. The van der Waals surface area contributed by atoms with E-state index in [1.54, 1.807) is 0 Å². The van der Waals surface area contributed by atoms with E-state index < -0.39 is 0 Å². The van der Waals surface area contributed by atoms with E-state index in [4.69, 9.17) is 0 Å². The molecule has 0 aliphatic rings. The summed E-state index contributed by atoms with van der Waals surface area (Å²) in [6.45, 7) is 8.17. The van der Waals surface area contributed by atoms with Gasteiger partial charge in [-0.05, 0) is 25.8 Å². The number of aliphatic hydroxyl groups excluding tert-OH is 1. The number of nitrogens with one attached hydrogen (secondary N) is 1. The van der Waals surface area contributed by atoms with Crippen molar-refractivity contribution in [2.45, 2.75) is 40.2 Å². The quantitative estimate of drug-likeness (QED) is 0.760. The van der Waals surface area contributed by atoms with E-state index in [1.165, 1.54) is 5.69 Å². The molecule has 0 fully saturated rings. The molecule has 0 saturated carbocycles. The summed E-state index contributed by atoms with van der Waals surface area (Å²) in [6, 6.07) is 2.09. The Morgan fingerprint density at radius 2 is 2.06 bits per heavy atom. The van der Waals surface area contributed by atoms with Crippen molar-refractivity contribution in [2.75, 3.05) is 13.2 Å². The molecule has 0 saturated heterocycles. The number of aryl methyl sites for hydroxylation is 2. The van der Waals surface area contributed by atoms with Crippen molar-refractivity contribution in [3.05, 3.63) is 17.5 Å². The maximum atomic E-state index is 9.47. The van der Waals surface area contributed by atoms with Gasteiger partial charge in [0.25, 0.3) is 0 Å². The predicted molar refractivity (Wildman–Crippen MR) is 69.8 cm³/mol.